The number of hydrogen-bond acceptors (Lipinski definition) is 2. The third-order valence-electron chi connectivity index (χ3n) is 4.89. The van der Waals surface area contributed by atoms with Crippen LogP contribution in [0.3, 0.4) is 0 Å². The first-order valence-electron chi connectivity index (χ1n) is 8.54. The predicted octanol–water partition coefficient (Wildman–Crippen LogP) is 3.70. The smallest absolute Gasteiger partial charge is 0.123 e. The molecule has 0 aliphatic heterocycles. The van der Waals surface area contributed by atoms with Crippen molar-refractivity contribution in [2.24, 2.45) is 11.8 Å². The summed E-state index contributed by atoms with van der Waals surface area (Å²) in [5.74, 6) is 1.64. The molecule has 21 heavy (non-hydrogen) atoms. The molecule has 0 saturated heterocycles. The largest absolute Gasteiger partial charge is 0.371 e. The van der Waals surface area contributed by atoms with Crippen molar-refractivity contribution in [2.45, 2.75) is 51.1 Å². The van der Waals surface area contributed by atoms with Crippen LogP contribution >= 0.6 is 0 Å². The summed E-state index contributed by atoms with van der Waals surface area (Å²) in [4.78, 5) is 2.54. The maximum atomic E-state index is 13.7. The Morgan fingerprint density at radius 1 is 1.00 bits per heavy atom. The van der Waals surface area contributed by atoms with Gasteiger partial charge in [-0.25, -0.2) is 4.39 Å². The number of nitrogens with one attached hydrogen (secondary N) is 1. The van der Waals surface area contributed by atoms with E-state index in [4.69, 9.17) is 0 Å². The SMILES string of the molecule is Fc1ccc(N(CC2CC2)CC2CC2)c(CNC2CC2)c1. The molecule has 1 N–H and O–H groups in total. The van der Waals surface area contributed by atoms with Gasteiger partial charge in [0, 0.05) is 31.4 Å². The van der Waals surface area contributed by atoms with Gasteiger partial charge in [-0.1, -0.05) is 0 Å². The molecule has 0 radical (unpaired) electrons. The van der Waals surface area contributed by atoms with E-state index in [9.17, 15) is 4.39 Å². The highest BCUT2D eigenvalue weighted by atomic mass is 19.1. The normalized spacial score (nSPS) is 21.6. The number of rotatable bonds is 8. The topological polar surface area (TPSA) is 15.3 Å². The van der Waals surface area contributed by atoms with Gasteiger partial charge in [0.05, 0.1) is 0 Å². The molecule has 0 spiro atoms. The average molecular weight is 288 g/mol. The van der Waals surface area contributed by atoms with E-state index in [1.54, 1.807) is 12.1 Å². The molecule has 114 valence electrons. The molecule has 3 aliphatic carbocycles. The summed E-state index contributed by atoms with van der Waals surface area (Å²) < 4.78 is 13.7. The highest BCUT2D eigenvalue weighted by molar-refractivity contribution is 5.54. The summed E-state index contributed by atoms with van der Waals surface area (Å²) in [7, 11) is 0. The van der Waals surface area contributed by atoms with Crippen LogP contribution in [0.5, 0.6) is 0 Å². The van der Waals surface area contributed by atoms with Crippen LogP contribution in [0.25, 0.3) is 0 Å². The molecule has 3 aliphatic rings. The van der Waals surface area contributed by atoms with Crippen LogP contribution in [-0.2, 0) is 6.54 Å². The maximum Gasteiger partial charge on any atom is 0.123 e. The van der Waals surface area contributed by atoms with Gasteiger partial charge in [-0.3, -0.25) is 0 Å². The predicted molar refractivity (Wildman–Crippen MR) is 83.9 cm³/mol. The maximum absolute atomic E-state index is 13.7. The summed E-state index contributed by atoms with van der Waals surface area (Å²) in [5, 5.41) is 3.54. The zero-order chi connectivity index (χ0) is 14.2. The van der Waals surface area contributed by atoms with Gasteiger partial charge in [0.15, 0.2) is 0 Å². The lowest BCUT2D eigenvalue weighted by atomic mass is 10.1. The number of anilines is 1. The molecule has 0 atom stereocenters. The lowest BCUT2D eigenvalue weighted by Gasteiger charge is -2.27. The van der Waals surface area contributed by atoms with Gasteiger partial charge in [0.1, 0.15) is 5.82 Å². The Morgan fingerprint density at radius 2 is 1.67 bits per heavy atom. The van der Waals surface area contributed by atoms with Crippen molar-refractivity contribution in [1.29, 1.82) is 0 Å². The van der Waals surface area contributed by atoms with Crippen LogP contribution in [0.15, 0.2) is 18.2 Å². The summed E-state index contributed by atoms with van der Waals surface area (Å²) in [6.45, 7) is 3.14. The van der Waals surface area contributed by atoms with Crippen molar-refractivity contribution in [3.05, 3.63) is 29.6 Å². The lowest BCUT2D eigenvalue weighted by molar-refractivity contribution is 0.615. The van der Waals surface area contributed by atoms with Gasteiger partial charge in [-0.2, -0.15) is 0 Å². The fourth-order valence-electron chi connectivity index (χ4n) is 3.04. The van der Waals surface area contributed by atoms with E-state index in [1.807, 2.05) is 6.07 Å². The third kappa shape index (κ3) is 3.76. The van der Waals surface area contributed by atoms with Crippen LogP contribution in [0.4, 0.5) is 10.1 Å². The number of nitrogens with zero attached hydrogens (tertiary/aromatic N) is 1. The number of benzene rings is 1. The second kappa shape index (κ2) is 5.60. The Labute approximate surface area is 126 Å². The molecule has 4 rings (SSSR count). The van der Waals surface area contributed by atoms with E-state index >= 15 is 0 Å². The van der Waals surface area contributed by atoms with Crippen LogP contribution in [0, 0.1) is 17.7 Å². The molecule has 2 nitrogen and oxygen atoms in total. The third-order valence-corrected chi connectivity index (χ3v) is 4.89. The van der Waals surface area contributed by atoms with Gasteiger partial charge in [-0.15, -0.1) is 0 Å². The Morgan fingerprint density at radius 3 is 2.24 bits per heavy atom. The molecule has 0 amide bonds. The standard InChI is InChI=1S/C18H25FN2/c19-16-5-8-18(15(9-16)10-20-17-6-7-17)21(11-13-1-2-13)12-14-3-4-14/h5,8-9,13-14,17,20H,1-4,6-7,10-12H2. The van der Waals surface area contributed by atoms with Crippen molar-refractivity contribution < 1.29 is 4.39 Å². The summed E-state index contributed by atoms with van der Waals surface area (Å²) in [5.41, 5.74) is 2.41. The van der Waals surface area contributed by atoms with E-state index in [2.05, 4.69) is 10.2 Å². The number of hydrogen-bond donors (Lipinski definition) is 1. The molecule has 0 heterocycles. The van der Waals surface area contributed by atoms with Crippen molar-refractivity contribution in [3.8, 4) is 0 Å². The Bertz CT molecular complexity index is 490. The van der Waals surface area contributed by atoms with E-state index in [1.165, 1.54) is 57.3 Å². The van der Waals surface area contributed by atoms with Crippen LogP contribution in [-0.4, -0.2) is 19.1 Å². The summed E-state index contributed by atoms with van der Waals surface area (Å²) >= 11 is 0. The molecule has 1 aromatic rings. The monoisotopic (exact) mass is 288 g/mol. The molecule has 3 fully saturated rings. The van der Waals surface area contributed by atoms with Gasteiger partial charge in [-0.05, 0) is 74.1 Å². The van der Waals surface area contributed by atoms with Crippen molar-refractivity contribution >= 4 is 5.69 Å². The van der Waals surface area contributed by atoms with E-state index in [-0.39, 0.29) is 5.82 Å². The number of halogens is 1. The highest BCUT2D eigenvalue weighted by Gasteiger charge is 2.30. The minimum absolute atomic E-state index is 0.107. The molecule has 3 heteroatoms. The Kier molecular flexibility index (Phi) is 3.62. The second-order valence-corrected chi connectivity index (χ2v) is 7.22. The summed E-state index contributed by atoms with van der Waals surface area (Å²) in [6, 6.07) is 6.03. The highest BCUT2D eigenvalue weighted by Crippen LogP contribution is 2.37. The molecule has 0 aromatic heterocycles. The first kappa shape index (κ1) is 13.6. The van der Waals surface area contributed by atoms with Crippen LogP contribution in [0.1, 0.15) is 44.1 Å². The van der Waals surface area contributed by atoms with Crippen molar-refractivity contribution in [2.75, 3.05) is 18.0 Å². The zero-order valence-corrected chi connectivity index (χ0v) is 12.7. The lowest BCUT2D eigenvalue weighted by Crippen LogP contribution is -2.30. The first-order valence-corrected chi connectivity index (χ1v) is 8.54. The quantitative estimate of drug-likeness (QED) is 0.784. The molecule has 0 bridgehead atoms. The molecule has 3 saturated carbocycles. The van der Waals surface area contributed by atoms with Crippen LogP contribution < -0.4 is 10.2 Å². The van der Waals surface area contributed by atoms with Crippen LogP contribution in [0.2, 0.25) is 0 Å². The van der Waals surface area contributed by atoms with Crippen molar-refractivity contribution in [3.63, 3.8) is 0 Å². The zero-order valence-electron chi connectivity index (χ0n) is 12.7. The molecule has 0 unspecified atom stereocenters. The van der Waals surface area contributed by atoms with Gasteiger partial charge in [0.2, 0.25) is 0 Å². The first-order chi connectivity index (χ1) is 10.3. The minimum Gasteiger partial charge on any atom is -0.371 e. The minimum atomic E-state index is -0.107. The van der Waals surface area contributed by atoms with Gasteiger partial charge in [0.25, 0.3) is 0 Å². The molecular formula is C18H25FN2. The fourth-order valence-corrected chi connectivity index (χ4v) is 3.04. The Hall–Kier alpha value is -1.09. The van der Waals surface area contributed by atoms with E-state index in [0.29, 0.717) is 6.04 Å². The van der Waals surface area contributed by atoms with E-state index in [0.717, 1.165) is 23.9 Å². The van der Waals surface area contributed by atoms with Gasteiger partial charge < -0.3 is 10.2 Å². The van der Waals surface area contributed by atoms with E-state index < -0.39 is 0 Å². The van der Waals surface area contributed by atoms with Crippen molar-refractivity contribution in [1.82, 2.24) is 5.32 Å². The Balaban J connectivity index is 1.53. The van der Waals surface area contributed by atoms with Gasteiger partial charge >= 0.3 is 0 Å². The fraction of sp³-hybridized carbons (Fsp3) is 0.667. The molecular weight excluding hydrogens is 263 g/mol. The second-order valence-electron chi connectivity index (χ2n) is 7.22. The average Bonchev–Trinajstić information content (AvgIpc) is 3.33. The molecule has 1 aromatic carbocycles. The summed E-state index contributed by atoms with van der Waals surface area (Å²) in [6.07, 6.45) is 8.04.